The summed E-state index contributed by atoms with van der Waals surface area (Å²) in [6.07, 6.45) is -1.43. The molecule has 0 aliphatic heterocycles. The van der Waals surface area contributed by atoms with Crippen LogP contribution in [0.3, 0.4) is 0 Å². The minimum Gasteiger partial charge on any atom is -0.496 e. The summed E-state index contributed by atoms with van der Waals surface area (Å²) in [5.74, 6) is -1.14. The van der Waals surface area contributed by atoms with Gasteiger partial charge in [0.05, 0.1) is 14.2 Å². The van der Waals surface area contributed by atoms with E-state index in [2.05, 4.69) is 0 Å². The number of rotatable bonds is 5. The summed E-state index contributed by atoms with van der Waals surface area (Å²) in [5, 5.41) is 9.15. The average Bonchev–Trinajstić information content (AvgIpc) is 2.35. The molecule has 0 aliphatic carbocycles. The summed E-state index contributed by atoms with van der Waals surface area (Å²) in [5.41, 5.74) is 1.02. The number of carbonyl (C=O) groups is 2. The van der Waals surface area contributed by atoms with E-state index in [1.807, 2.05) is 0 Å². The quantitative estimate of drug-likeness (QED) is 0.818. The molecule has 0 saturated heterocycles. The van der Waals surface area contributed by atoms with Gasteiger partial charge in [0.15, 0.2) is 0 Å². The number of methoxy groups -OCH3 is 2. The highest BCUT2D eigenvalue weighted by Gasteiger charge is 2.27. The number of ether oxygens (including phenoxy) is 3. The van der Waals surface area contributed by atoms with Crippen LogP contribution in [0.25, 0.3) is 0 Å². The van der Waals surface area contributed by atoms with Gasteiger partial charge < -0.3 is 19.3 Å². The number of benzene rings is 1. The third kappa shape index (κ3) is 3.37. The predicted molar refractivity (Wildman–Crippen MR) is 66.4 cm³/mol. The van der Waals surface area contributed by atoms with Crippen LogP contribution in [0, 0.1) is 6.92 Å². The molecule has 6 heteroatoms. The highest BCUT2D eigenvalue weighted by molar-refractivity contribution is 5.79. The van der Waals surface area contributed by atoms with Crippen molar-refractivity contribution in [1.82, 2.24) is 0 Å². The molecule has 104 valence electrons. The standard InChI is InChI=1S/C13H16O6/c1-7-5-11(18-4)9(6-10(7)17-3)12(13(15)16)19-8(2)14/h5-6,12H,1-4H3,(H,15,16). The first-order valence-corrected chi connectivity index (χ1v) is 5.53. The second kappa shape index (κ2) is 6.08. The van der Waals surface area contributed by atoms with Crippen LogP contribution in [0.1, 0.15) is 24.2 Å². The molecule has 0 bridgehead atoms. The molecule has 19 heavy (non-hydrogen) atoms. The van der Waals surface area contributed by atoms with Crippen molar-refractivity contribution in [3.8, 4) is 11.5 Å². The number of carbonyl (C=O) groups excluding carboxylic acids is 1. The van der Waals surface area contributed by atoms with Crippen LogP contribution in [-0.2, 0) is 14.3 Å². The minimum absolute atomic E-state index is 0.229. The topological polar surface area (TPSA) is 82.1 Å². The molecule has 1 aromatic rings. The summed E-state index contributed by atoms with van der Waals surface area (Å²) in [6, 6.07) is 3.13. The lowest BCUT2D eigenvalue weighted by Crippen LogP contribution is -2.19. The van der Waals surface area contributed by atoms with E-state index in [1.54, 1.807) is 13.0 Å². The Morgan fingerprint density at radius 3 is 2.16 bits per heavy atom. The Hall–Kier alpha value is -2.24. The van der Waals surface area contributed by atoms with E-state index in [9.17, 15) is 9.59 Å². The number of hydrogen-bond acceptors (Lipinski definition) is 5. The summed E-state index contributed by atoms with van der Waals surface area (Å²) in [7, 11) is 2.89. The number of hydrogen-bond donors (Lipinski definition) is 1. The van der Waals surface area contributed by atoms with Gasteiger partial charge in [0, 0.05) is 12.5 Å². The minimum atomic E-state index is -1.43. The lowest BCUT2D eigenvalue weighted by atomic mass is 10.0. The first kappa shape index (κ1) is 14.8. The first-order valence-electron chi connectivity index (χ1n) is 5.53. The third-order valence-electron chi connectivity index (χ3n) is 2.54. The maximum absolute atomic E-state index is 11.2. The third-order valence-corrected chi connectivity index (χ3v) is 2.54. The Morgan fingerprint density at radius 1 is 1.16 bits per heavy atom. The van der Waals surface area contributed by atoms with Crippen molar-refractivity contribution in [2.45, 2.75) is 20.0 Å². The number of carboxylic acids is 1. The molecule has 0 aliphatic rings. The van der Waals surface area contributed by atoms with Gasteiger partial charge in [-0.15, -0.1) is 0 Å². The van der Waals surface area contributed by atoms with Gasteiger partial charge in [-0.25, -0.2) is 4.79 Å². The highest BCUT2D eigenvalue weighted by atomic mass is 16.6. The molecule has 0 heterocycles. The zero-order valence-corrected chi connectivity index (χ0v) is 11.2. The molecule has 6 nitrogen and oxygen atoms in total. The Balaban J connectivity index is 3.34. The Labute approximate surface area is 110 Å². The van der Waals surface area contributed by atoms with Crippen LogP contribution in [0.2, 0.25) is 0 Å². The van der Waals surface area contributed by atoms with E-state index in [4.69, 9.17) is 19.3 Å². The second-order valence-corrected chi connectivity index (χ2v) is 3.89. The molecule has 1 atom stereocenters. The fraction of sp³-hybridized carbons (Fsp3) is 0.385. The summed E-state index contributed by atoms with van der Waals surface area (Å²) >= 11 is 0. The zero-order chi connectivity index (χ0) is 14.6. The molecule has 0 amide bonds. The van der Waals surface area contributed by atoms with Crippen molar-refractivity contribution in [3.05, 3.63) is 23.3 Å². The maximum Gasteiger partial charge on any atom is 0.349 e. The van der Waals surface area contributed by atoms with E-state index in [0.29, 0.717) is 11.5 Å². The van der Waals surface area contributed by atoms with Gasteiger partial charge in [0.25, 0.3) is 0 Å². The normalized spacial score (nSPS) is 11.6. The molecule has 0 fully saturated rings. The molecular formula is C13H16O6. The maximum atomic E-state index is 11.2. The average molecular weight is 268 g/mol. The van der Waals surface area contributed by atoms with Crippen LogP contribution in [0.15, 0.2) is 12.1 Å². The van der Waals surface area contributed by atoms with Gasteiger partial charge in [-0.05, 0) is 24.6 Å². The number of carboxylic acid groups (broad SMARTS) is 1. The van der Waals surface area contributed by atoms with Crippen LogP contribution in [0.5, 0.6) is 11.5 Å². The van der Waals surface area contributed by atoms with E-state index in [-0.39, 0.29) is 5.56 Å². The molecule has 1 N–H and O–H groups in total. The molecule has 1 rings (SSSR count). The fourth-order valence-electron chi connectivity index (χ4n) is 1.69. The molecular weight excluding hydrogens is 252 g/mol. The summed E-state index contributed by atoms with van der Waals surface area (Å²) in [6.45, 7) is 2.95. The zero-order valence-electron chi connectivity index (χ0n) is 11.2. The van der Waals surface area contributed by atoms with Gasteiger partial charge in [0.1, 0.15) is 11.5 Å². The molecule has 0 radical (unpaired) electrons. The van der Waals surface area contributed by atoms with E-state index >= 15 is 0 Å². The highest BCUT2D eigenvalue weighted by Crippen LogP contribution is 2.34. The van der Waals surface area contributed by atoms with Gasteiger partial charge in [-0.1, -0.05) is 0 Å². The summed E-state index contributed by atoms with van der Waals surface area (Å²) < 4.78 is 15.1. The van der Waals surface area contributed by atoms with Gasteiger partial charge in [-0.3, -0.25) is 4.79 Å². The summed E-state index contributed by atoms with van der Waals surface area (Å²) in [4.78, 5) is 22.2. The largest absolute Gasteiger partial charge is 0.496 e. The fourth-order valence-corrected chi connectivity index (χ4v) is 1.69. The van der Waals surface area contributed by atoms with Crippen LogP contribution in [-0.4, -0.2) is 31.3 Å². The Bertz CT molecular complexity index is 494. The van der Waals surface area contributed by atoms with E-state index in [0.717, 1.165) is 12.5 Å². The van der Waals surface area contributed by atoms with Crippen molar-refractivity contribution in [2.75, 3.05) is 14.2 Å². The Morgan fingerprint density at radius 2 is 1.74 bits per heavy atom. The van der Waals surface area contributed by atoms with Crippen molar-refractivity contribution >= 4 is 11.9 Å². The van der Waals surface area contributed by atoms with Crippen LogP contribution >= 0.6 is 0 Å². The van der Waals surface area contributed by atoms with E-state index in [1.165, 1.54) is 20.3 Å². The van der Waals surface area contributed by atoms with Gasteiger partial charge >= 0.3 is 11.9 Å². The number of aliphatic carboxylic acids is 1. The lowest BCUT2D eigenvalue weighted by molar-refractivity contribution is -0.163. The molecule has 1 unspecified atom stereocenters. The number of esters is 1. The smallest absolute Gasteiger partial charge is 0.349 e. The van der Waals surface area contributed by atoms with Crippen molar-refractivity contribution < 1.29 is 28.9 Å². The first-order chi connectivity index (χ1) is 8.90. The van der Waals surface area contributed by atoms with Crippen molar-refractivity contribution in [2.24, 2.45) is 0 Å². The number of aryl methyl sites for hydroxylation is 1. The van der Waals surface area contributed by atoms with Crippen molar-refractivity contribution in [3.63, 3.8) is 0 Å². The SMILES string of the molecule is COc1cc(C(OC(C)=O)C(=O)O)c(OC)cc1C. The molecule has 0 saturated carbocycles. The van der Waals surface area contributed by atoms with Crippen molar-refractivity contribution in [1.29, 1.82) is 0 Å². The van der Waals surface area contributed by atoms with Crippen LogP contribution in [0.4, 0.5) is 0 Å². The van der Waals surface area contributed by atoms with Crippen LogP contribution < -0.4 is 9.47 Å². The molecule has 0 spiro atoms. The van der Waals surface area contributed by atoms with Gasteiger partial charge in [-0.2, -0.15) is 0 Å². The predicted octanol–water partition coefficient (Wildman–Crippen LogP) is 1.70. The monoisotopic (exact) mass is 268 g/mol. The molecule has 0 aromatic heterocycles. The molecule has 1 aromatic carbocycles. The Kier molecular flexibility index (Phi) is 4.74. The second-order valence-electron chi connectivity index (χ2n) is 3.89. The van der Waals surface area contributed by atoms with E-state index < -0.39 is 18.0 Å². The lowest BCUT2D eigenvalue weighted by Gasteiger charge is -2.18. The van der Waals surface area contributed by atoms with Gasteiger partial charge in [0.2, 0.25) is 6.10 Å².